The Morgan fingerprint density at radius 1 is 0.882 bits per heavy atom. The summed E-state index contributed by atoms with van der Waals surface area (Å²) in [6.07, 6.45) is 0. The zero-order valence-electron chi connectivity index (χ0n) is 18.7. The Hall–Kier alpha value is -4.45. The first kappa shape index (κ1) is 21.4. The molecule has 34 heavy (non-hydrogen) atoms. The predicted molar refractivity (Wildman–Crippen MR) is 133 cm³/mol. The molecule has 0 saturated carbocycles. The van der Waals surface area contributed by atoms with Gasteiger partial charge < -0.3 is 14.4 Å². The minimum absolute atomic E-state index is 0.0366. The Bertz CT molecular complexity index is 1530. The van der Waals surface area contributed by atoms with E-state index in [2.05, 4.69) is 28.4 Å². The summed E-state index contributed by atoms with van der Waals surface area (Å²) >= 11 is 0. The van der Waals surface area contributed by atoms with Crippen LogP contribution in [0.3, 0.4) is 0 Å². The zero-order chi connectivity index (χ0) is 23.5. The fourth-order valence-corrected chi connectivity index (χ4v) is 4.12. The molecule has 5 aromatic rings. The summed E-state index contributed by atoms with van der Waals surface area (Å²) < 4.78 is 7.35. The number of nitrogens with zero attached hydrogens (tertiary/aromatic N) is 3. The molecule has 0 aliphatic heterocycles. The third-order valence-corrected chi connectivity index (χ3v) is 5.83. The molecule has 6 nitrogen and oxygen atoms in total. The third kappa shape index (κ3) is 4.13. The van der Waals surface area contributed by atoms with Crippen LogP contribution in [-0.4, -0.2) is 22.2 Å². The number of azo groups is 1. The molecule has 0 radical (unpaired) electrons. The average molecular weight is 450 g/mol. The second kappa shape index (κ2) is 9.19. The minimum atomic E-state index is -0.534. The maximum atomic E-state index is 12.3. The van der Waals surface area contributed by atoms with Crippen LogP contribution in [0.4, 0.5) is 5.69 Å². The predicted octanol–water partition coefficient (Wildman–Crippen LogP) is 6.55. The summed E-state index contributed by atoms with van der Waals surface area (Å²) in [5.74, 6) is 0.0552. The lowest BCUT2D eigenvalue weighted by Crippen LogP contribution is -2.08. The fraction of sp³-hybridized carbons (Fsp3) is 0.107. The van der Waals surface area contributed by atoms with Crippen LogP contribution >= 0.6 is 0 Å². The standard InChI is InChI=1S/C28H23N3O3/c1-19-9-2-7-16-25(19)34-18-26(32)29-30-27-23-14-5-6-15-24(23)31(28(27)33)17-21-12-8-11-20-10-3-4-13-22(20)21/h2-16,33H,17-18H2,1H3. The van der Waals surface area contributed by atoms with Gasteiger partial charge in [0.05, 0.1) is 12.1 Å². The molecule has 1 amide bonds. The molecule has 0 aliphatic rings. The molecule has 1 aromatic heterocycles. The maximum absolute atomic E-state index is 12.3. The highest BCUT2D eigenvalue weighted by molar-refractivity contribution is 5.95. The molecular weight excluding hydrogens is 426 g/mol. The van der Waals surface area contributed by atoms with E-state index >= 15 is 0 Å². The second-order valence-corrected chi connectivity index (χ2v) is 8.06. The lowest BCUT2D eigenvalue weighted by molar-refractivity contribution is -0.120. The zero-order valence-corrected chi connectivity index (χ0v) is 18.7. The first-order valence-electron chi connectivity index (χ1n) is 11.0. The lowest BCUT2D eigenvalue weighted by Gasteiger charge is -2.10. The van der Waals surface area contributed by atoms with Crippen molar-refractivity contribution in [2.45, 2.75) is 13.5 Å². The number of aryl methyl sites for hydroxylation is 1. The van der Waals surface area contributed by atoms with Crippen LogP contribution in [0.15, 0.2) is 101 Å². The first-order chi connectivity index (χ1) is 16.6. The van der Waals surface area contributed by atoms with Gasteiger partial charge in [-0.25, -0.2) is 0 Å². The van der Waals surface area contributed by atoms with Crippen LogP contribution in [0.5, 0.6) is 11.6 Å². The second-order valence-electron chi connectivity index (χ2n) is 8.06. The molecule has 1 heterocycles. The Morgan fingerprint density at radius 2 is 1.59 bits per heavy atom. The highest BCUT2D eigenvalue weighted by Gasteiger charge is 2.18. The van der Waals surface area contributed by atoms with Crippen molar-refractivity contribution in [3.63, 3.8) is 0 Å². The molecular formula is C28H23N3O3. The molecule has 1 N–H and O–H groups in total. The number of rotatable bonds is 6. The molecule has 0 bridgehead atoms. The van der Waals surface area contributed by atoms with E-state index in [0.717, 1.165) is 32.8 Å². The third-order valence-electron chi connectivity index (χ3n) is 5.83. The van der Waals surface area contributed by atoms with Crippen molar-refractivity contribution >= 4 is 33.3 Å². The number of ether oxygens (including phenoxy) is 1. The number of aromatic hydroxyl groups is 1. The van der Waals surface area contributed by atoms with Crippen molar-refractivity contribution in [2.24, 2.45) is 10.2 Å². The highest BCUT2D eigenvalue weighted by Crippen LogP contribution is 2.39. The molecule has 0 atom stereocenters. The van der Waals surface area contributed by atoms with Crippen molar-refractivity contribution in [3.8, 4) is 11.6 Å². The number of fused-ring (bicyclic) bond motifs is 2. The number of benzene rings is 4. The van der Waals surface area contributed by atoms with Crippen LogP contribution in [0.1, 0.15) is 11.1 Å². The number of amides is 1. The Balaban J connectivity index is 1.44. The van der Waals surface area contributed by atoms with Crippen LogP contribution < -0.4 is 4.74 Å². The quantitative estimate of drug-likeness (QED) is 0.299. The van der Waals surface area contributed by atoms with E-state index in [1.54, 1.807) is 10.6 Å². The normalized spacial score (nSPS) is 11.4. The number of hydrogen-bond acceptors (Lipinski definition) is 4. The Morgan fingerprint density at radius 3 is 2.44 bits per heavy atom. The van der Waals surface area contributed by atoms with Gasteiger partial charge in [-0.3, -0.25) is 4.79 Å². The van der Waals surface area contributed by atoms with Gasteiger partial charge in [-0.2, -0.15) is 0 Å². The van der Waals surface area contributed by atoms with Gasteiger partial charge >= 0.3 is 5.91 Å². The van der Waals surface area contributed by atoms with Crippen molar-refractivity contribution < 1.29 is 14.6 Å². The van der Waals surface area contributed by atoms with Gasteiger partial charge in [-0.05, 0) is 41.0 Å². The van der Waals surface area contributed by atoms with Gasteiger partial charge in [0.2, 0.25) is 5.88 Å². The van der Waals surface area contributed by atoms with E-state index in [0.29, 0.717) is 12.3 Å². The van der Waals surface area contributed by atoms with E-state index < -0.39 is 5.91 Å². The largest absolute Gasteiger partial charge is 0.493 e. The fourth-order valence-electron chi connectivity index (χ4n) is 4.12. The molecule has 4 aromatic carbocycles. The van der Waals surface area contributed by atoms with Crippen molar-refractivity contribution in [2.75, 3.05) is 6.61 Å². The van der Waals surface area contributed by atoms with Gasteiger partial charge in [-0.1, -0.05) is 78.9 Å². The summed E-state index contributed by atoms with van der Waals surface area (Å²) in [6, 6.07) is 29.3. The summed E-state index contributed by atoms with van der Waals surface area (Å²) in [5, 5.41) is 22.0. The van der Waals surface area contributed by atoms with E-state index in [1.165, 1.54) is 0 Å². The number of aromatic nitrogens is 1. The Kier molecular flexibility index (Phi) is 5.79. The number of carbonyl (C=O) groups excluding carboxylic acids is 1. The van der Waals surface area contributed by atoms with Gasteiger partial charge in [0, 0.05) is 5.39 Å². The van der Waals surface area contributed by atoms with E-state index in [4.69, 9.17) is 4.74 Å². The number of para-hydroxylation sites is 2. The van der Waals surface area contributed by atoms with E-state index in [9.17, 15) is 9.90 Å². The summed E-state index contributed by atoms with van der Waals surface area (Å²) in [4.78, 5) is 12.3. The molecule has 0 saturated heterocycles. The van der Waals surface area contributed by atoms with Crippen molar-refractivity contribution in [1.29, 1.82) is 0 Å². The van der Waals surface area contributed by atoms with Crippen molar-refractivity contribution in [3.05, 3.63) is 102 Å². The van der Waals surface area contributed by atoms with Gasteiger partial charge in [0.15, 0.2) is 12.3 Å². The van der Waals surface area contributed by atoms with Crippen LogP contribution in [0.25, 0.3) is 21.7 Å². The molecule has 0 fully saturated rings. The topological polar surface area (TPSA) is 76.2 Å². The van der Waals surface area contributed by atoms with Gasteiger partial charge in [-0.15, -0.1) is 10.2 Å². The molecule has 0 spiro atoms. The Labute approximate surface area is 196 Å². The minimum Gasteiger partial charge on any atom is -0.493 e. The molecule has 0 aliphatic carbocycles. The van der Waals surface area contributed by atoms with Gasteiger partial charge in [0.25, 0.3) is 0 Å². The number of hydrogen-bond donors (Lipinski definition) is 1. The summed E-state index contributed by atoms with van der Waals surface area (Å²) in [6.45, 7) is 2.13. The smallest absolute Gasteiger partial charge is 0.302 e. The van der Waals surface area contributed by atoms with E-state index in [1.807, 2.05) is 73.7 Å². The van der Waals surface area contributed by atoms with Crippen LogP contribution in [0.2, 0.25) is 0 Å². The van der Waals surface area contributed by atoms with Crippen LogP contribution in [0, 0.1) is 6.92 Å². The molecule has 0 unspecified atom stereocenters. The monoisotopic (exact) mass is 449 g/mol. The first-order valence-corrected chi connectivity index (χ1v) is 11.0. The lowest BCUT2D eigenvalue weighted by atomic mass is 10.0. The molecule has 168 valence electrons. The summed E-state index contributed by atoms with van der Waals surface area (Å²) in [7, 11) is 0. The molecule has 6 heteroatoms. The number of carbonyl (C=O) groups is 1. The van der Waals surface area contributed by atoms with Crippen molar-refractivity contribution in [1.82, 2.24) is 4.57 Å². The molecule has 5 rings (SSSR count). The SMILES string of the molecule is Cc1ccccc1OCC(=O)N=Nc1c(O)n(Cc2cccc3ccccc23)c2ccccc12. The van der Waals surface area contributed by atoms with E-state index in [-0.39, 0.29) is 18.2 Å². The summed E-state index contributed by atoms with van der Waals surface area (Å²) in [5.41, 5.74) is 3.08. The van der Waals surface area contributed by atoms with Crippen LogP contribution in [-0.2, 0) is 11.3 Å². The van der Waals surface area contributed by atoms with Gasteiger partial charge in [0.1, 0.15) is 5.75 Å². The highest BCUT2D eigenvalue weighted by atomic mass is 16.5. The maximum Gasteiger partial charge on any atom is 0.302 e. The average Bonchev–Trinajstić information content (AvgIpc) is 3.13.